The van der Waals surface area contributed by atoms with E-state index in [9.17, 15) is 0 Å². The highest BCUT2D eigenvalue weighted by molar-refractivity contribution is 5.20. The highest BCUT2D eigenvalue weighted by Crippen LogP contribution is 2.55. The van der Waals surface area contributed by atoms with Crippen molar-refractivity contribution in [1.82, 2.24) is 0 Å². The van der Waals surface area contributed by atoms with Crippen LogP contribution >= 0.6 is 0 Å². The average molecular weight is 226 g/mol. The minimum absolute atomic E-state index is 0.0791. The number of hydrogen-bond donors (Lipinski definition) is 0. The molecule has 3 unspecified atom stereocenters. The van der Waals surface area contributed by atoms with Crippen molar-refractivity contribution in [2.75, 3.05) is 27.4 Å². The fourth-order valence-corrected chi connectivity index (χ4v) is 3.46. The van der Waals surface area contributed by atoms with Crippen LogP contribution in [0, 0.1) is 17.8 Å². The van der Waals surface area contributed by atoms with Crippen LogP contribution in [-0.2, 0) is 18.9 Å². The standard InChI is InChI=1S/C12H18O4/c1-13-12(14-2)8-3-4-10(12)9(7-8)11-15-5-6-16-11/h3-4,8-11H,5-7H2,1-2H3. The van der Waals surface area contributed by atoms with Gasteiger partial charge in [0.1, 0.15) is 0 Å². The van der Waals surface area contributed by atoms with Crippen molar-refractivity contribution in [3.63, 3.8) is 0 Å². The Morgan fingerprint density at radius 2 is 1.81 bits per heavy atom. The molecule has 2 bridgehead atoms. The van der Waals surface area contributed by atoms with Crippen LogP contribution < -0.4 is 0 Å². The summed E-state index contributed by atoms with van der Waals surface area (Å²) < 4.78 is 22.5. The second-order valence-corrected chi connectivity index (χ2v) is 4.66. The molecule has 3 rings (SSSR count). The normalized spacial score (nSPS) is 41.0. The van der Waals surface area contributed by atoms with Crippen molar-refractivity contribution >= 4 is 0 Å². The molecule has 1 aliphatic heterocycles. The molecule has 0 N–H and O–H groups in total. The molecule has 0 aromatic carbocycles. The molecule has 1 saturated heterocycles. The summed E-state index contributed by atoms with van der Waals surface area (Å²) in [5, 5.41) is 0. The summed E-state index contributed by atoms with van der Waals surface area (Å²) in [5.74, 6) is 0.443. The maximum Gasteiger partial charge on any atom is 0.180 e. The van der Waals surface area contributed by atoms with Crippen LogP contribution in [0.1, 0.15) is 6.42 Å². The van der Waals surface area contributed by atoms with Crippen molar-refractivity contribution in [3.8, 4) is 0 Å². The third kappa shape index (κ3) is 1.24. The van der Waals surface area contributed by atoms with Gasteiger partial charge in [0.2, 0.25) is 0 Å². The minimum atomic E-state index is -0.486. The van der Waals surface area contributed by atoms with Crippen molar-refractivity contribution in [2.24, 2.45) is 17.8 Å². The van der Waals surface area contributed by atoms with Crippen molar-refractivity contribution in [2.45, 2.75) is 18.5 Å². The predicted molar refractivity (Wildman–Crippen MR) is 56.7 cm³/mol. The summed E-state index contributed by atoms with van der Waals surface area (Å²) in [6.07, 6.45) is 5.33. The molecule has 2 aliphatic carbocycles. The van der Waals surface area contributed by atoms with E-state index in [4.69, 9.17) is 18.9 Å². The van der Waals surface area contributed by atoms with Gasteiger partial charge in [0, 0.05) is 32.0 Å². The molecule has 1 saturated carbocycles. The first kappa shape index (κ1) is 10.7. The first-order chi connectivity index (χ1) is 7.81. The number of rotatable bonds is 3. The fourth-order valence-electron chi connectivity index (χ4n) is 3.46. The Labute approximate surface area is 95.5 Å². The number of fused-ring (bicyclic) bond motifs is 2. The Kier molecular flexibility index (Phi) is 2.55. The van der Waals surface area contributed by atoms with Gasteiger partial charge in [-0.05, 0) is 6.42 Å². The number of hydrogen-bond acceptors (Lipinski definition) is 4. The summed E-state index contributed by atoms with van der Waals surface area (Å²) >= 11 is 0. The highest BCUT2D eigenvalue weighted by Gasteiger charge is 2.60. The average Bonchev–Trinajstić information content (AvgIpc) is 3.03. The molecule has 1 heterocycles. The lowest BCUT2D eigenvalue weighted by Gasteiger charge is -2.33. The summed E-state index contributed by atoms with van der Waals surface area (Å²) in [7, 11) is 3.44. The van der Waals surface area contributed by atoms with Crippen LogP contribution in [0.4, 0.5) is 0 Å². The Morgan fingerprint density at radius 1 is 1.12 bits per heavy atom. The minimum Gasteiger partial charge on any atom is -0.352 e. The van der Waals surface area contributed by atoms with Gasteiger partial charge in [-0.1, -0.05) is 12.2 Å². The van der Waals surface area contributed by atoms with E-state index in [0.717, 1.165) is 6.42 Å². The molecule has 4 nitrogen and oxygen atoms in total. The smallest absolute Gasteiger partial charge is 0.180 e. The zero-order valence-electron chi connectivity index (χ0n) is 9.72. The van der Waals surface area contributed by atoms with E-state index in [1.165, 1.54) is 0 Å². The zero-order valence-corrected chi connectivity index (χ0v) is 9.72. The van der Waals surface area contributed by atoms with Crippen LogP contribution in [0.3, 0.4) is 0 Å². The zero-order chi connectivity index (χ0) is 11.2. The number of methoxy groups -OCH3 is 2. The van der Waals surface area contributed by atoms with Crippen LogP contribution in [0.25, 0.3) is 0 Å². The van der Waals surface area contributed by atoms with Crippen LogP contribution in [0.5, 0.6) is 0 Å². The molecular formula is C12H18O4. The Hall–Kier alpha value is -0.420. The summed E-state index contributed by atoms with van der Waals surface area (Å²) in [5.41, 5.74) is 0. The van der Waals surface area contributed by atoms with E-state index in [1.54, 1.807) is 14.2 Å². The third-order valence-corrected chi connectivity index (χ3v) is 4.15. The van der Waals surface area contributed by atoms with Gasteiger partial charge in [0.25, 0.3) is 0 Å². The molecule has 90 valence electrons. The van der Waals surface area contributed by atoms with Gasteiger partial charge in [-0.25, -0.2) is 0 Å². The van der Waals surface area contributed by atoms with Gasteiger partial charge in [0.05, 0.1) is 13.2 Å². The Balaban J connectivity index is 1.83. The molecule has 4 heteroatoms. The van der Waals surface area contributed by atoms with Crippen molar-refractivity contribution in [3.05, 3.63) is 12.2 Å². The summed E-state index contributed by atoms with van der Waals surface area (Å²) in [6, 6.07) is 0. The molecular weight excluding hydrogens is 208 g/mol. The van der Waals surface area contributed by atoms with Crippen LogP contribution in [-0.4, -0.2) is 39.5 Å². The SMILES string of the molecule is COC1(OC)C2C=CC1C(C1OCCO1)C2. The monoisotopic (exact) mass is 226 g/mol. The topological polar surface area (TPSA) is 36.9 Å². The molecule has 16 heavy (non-hydrogen) atoms. The molecule has 0 amide bonds. The van der Waals surface area contributed by atoms with Crippen molar-refractivity contribution < 1.29 is 18.9 Å². The molecule has 0 aromatic rings. The second kappa shape index (κ2) is 3.81. The largest absolute Gasteiger partial charge is 0.352 e. The molecule has 2 fully saturated rings. The number of ether oxygens (including phenoxy) is 4. The lowest BCUT2D eigenvalue weighted by molar-refractivity contribution is -0.237. The van der Waals surface area contributed by atoms with E-state index < -0.39 is 5.79 Å². The second-order valence-electron chi connectivity index (χ2n) is 4.66. The predicted octanol–water partition coefficient (Wildman–Crippen LogP) is 1.17. The van der Waals surface area contributed by atoms with Gasteiger partial charge in [0.15, 0.2) is 12.1 Å². The van der Waals surface area contributed by atoms with E-state index >= 15 is 0 Å². The van der Waals surface area contributed by atoms with E-state index in [2.05, 4.69) is 12.2 Å². The maximum absolute atomic E-state index is 5.63. The van der Waals surface area contributed by atoms with Crippen LogP contribution in [0.15, 0.2) is 12.2 Å². The first-order valence-electron chi connectivity index (χ1n) is 5.83. The Morgan fingerprint density at radius 3 is 2.38 bits per heavy atom. The molecule has 0 aromatic heterocycles. The van der Waals surface area contributed by atoms with Gasteiger partial charge in [-0.15, -0.1) is 0 Å². The van der Waals surface area contributed by atoms with E-state index in [1.807, 2.05) is 0 Å². The molecule has 3 aliphatic rings. The molecule has 3 atom stereocenters. The molecule has 0 radical (unpaired) electrons. The fraction of sp³-hybridized carbons (Fsp3) is 0.833. The van der Waals surface area contributed by atoms with Gasteiger partial charge in [-0.2, -0.15) is 0 Å². The van der Waals surface area contributed by atoms with Gasteiger partial charge in [-0.3, -0.25) is 0 Å². The third-order valence-electron chi connectivity index (χ3n) is 4.15. The maximum atomic E-state index is 5.63. The Bertz CT molecular complexity index is 291. The van der Waals surface area contributed by atoms with Crippen LogP contribution in [0.2, 0.25) is 0 Å². The summed E-state index contributed by atoms with van der Waals surface area (Å²) in [6.45, 7) is 1.41. The van der Waals surface area contributed by atoms with E-state index in [0.29, 0.717) is 25.0 Å². The first-order valence-corrected chi connectivity index (χ1v) is 5.83. The van der Waals surface area contributed by atoms with Gasteiger partial charge < -0.3 is 18.9 Å². The lowest BCUT2D eigenvalue weighted by atomic mass is 9.92. The van der Waals surface area contributed by atoms with Gasteiger partial charge >= 0.3 is 0 Å². The lowest BCUT2D eigenvalue weighted by Crippen LogP contribution is -2.41. The highest BCUT2D eigenvalue weighted by atomic mass is 16.7. The van der Waals surface area contributed by atoms with Crippen molar-refractivity contribution in [1.29, 1.82) is 0 Å². The summed E-state index contributed by atoms with van der Waals surface area (Å²) in [4.78, 5) is 0. The quantitative estimate of drug-likeness (QED) is 0.535. The van der Waals surface area contributed by atoms with E-state index in [-0.39, 0.29) is 12.2 Å². The molecule has 0 spiro atoms.